The fraction of sp³-hybridized carbons (Fsp3) is 0.440. The Labute approximate surface area is 219 Å². The van der Waals surface area contributed by atoms with E-state index in [2.05, 4.69) is 25.9 Å². The third-order valence-electron chi connectivity index (χ3n) is 5.81. The lowest BCUT2D eigenvalue weighted by molar-refractivity contribution is -0.142. The first-order valence-corrected chi connectivity index (χ1v) is 12.1. The van der Waals surface area contributed by atoms with Gasteiger partial charge in [0.05, 0.1) is 12.4 Å². The number of H-pyrrole nitrogens is 1. The summed E-state index contributed by atoms with van der Waals surface area (Å²) in [4.78, 5) is 68.5. The molecule has 1 aromatic carbocycles. The molecule has 0 saturated heterocycles. The van der Waals surface area contributed by atoms with Crippen LogP contribution in [0.1, 0.15) is 37.9 Å². The van der Waals surface area contributed by atoms with Crippen LogP contribution in [0, 0.1) is 5.92 Å². The van der Waals surface area contributed by atoms with Crippen molar-refractivity contribution in [2.24, 2.45) is 11.7 Å². The molecule has 0 bridgehead atoms. The molecule has 13 nitrogen and oxygen atoms in total. The summed E-state index contributed by atoms with van der Waals surface area (Å²) in [5.74, 6) is -4.92. The maximum absolute atomic E-state index is 13.2. The molecule has 13 heteroatoms. The number of nitrogens with one attached hydrogen (secondary N) is 4. The molecule has 1 aromatic heterocycles. The highest BCUT2D eigenvalue weighted by Crippen LogP contribution is 2.08. The molecular formula is C25H34N6O7. The average molecular weight is 531 g/mol. The zero-order valence-corrected chi connectivity index (χ0v) is 21.2. The highest BCUT2D eigenvalue weighted by atomic mass is 16.4. The number of rotatable bonds is 15. The lowest BCUT2D eigenvalue weighted by atomic mass is 10.0. The Bertz CT molecular complexity index is 1090. The van der Waals surface area contributed by atoms with Crippen LogP contribution in [0.15, 0.2) is 42.9 Å². The number of benzene rings is 1. The van der Waals surface area contributed by atoms with Gasteiger partial charge in [-0.1, -0.05) is 44.2 Å². The molecule has 8 N–H and O–H groups in total. The SMILES string of the molecule is CC(C)C(N)C(=O)NC(CCC(=O)O)C(=O)NC(Cc1cnc[nH]1)C(=O)NC(Cc1ccccc1)C(=O)O. The van der Waals surface area contributed by atoms with Crippen molar-refractivity contribution >= 4 is 29.7 Å². The summed E-state index contributed by atoms with van der Waals surface area (Å²) >= 11 is 0. The summed E-state index contributed by atoms with van der Waals surface area (Å²) in [5, 5.41) is 26.2. The zero-order chi connectivity index (χ0) is 28.2. The van der Waals surface area contributed by atoms with E-state index in [0.29, 0.717) is 11.3 Å². The number of nitrogens with zero attached hydrogens (tertiary/aromatic N) is 1. The molecule has 2 aromatic rings. The number of aliphatic carboxylic acids is 2. The van der Waals surface area contributed by atoms with Crippen LogP contribution < -0.4 is 21.7 Å². The van der Waals surface area contributed by atoms with Crippen molar-refractivity contribution in [2.45, 2.75) is 63.7 Å². The Balaban J connectivity index is 2.22. The van der Waals surface area contributed by atoms with Crippen molar-refractivity contribution in [3.63, 3.8) is 0 Å². The van der Waals surface area contributed by atoms with Gasteiger partial charge in [-0.25, -0.2) is 9.78 Å². The van der Waals surface area contributed by atoms with Crippen molar-refractivity contribution in [3.8, 4) is 0 Å². The van der Waals surface area contributed by atoms with Gasteiger partial charge in [-0.2, -0.15) is 0 Å². The fourth-order valence-corrected chi connectivity index (χ4v) is 3.53. The molecule has 38 heavy (non-hydrogen) atoms. The summed E-state index contributed by atoms with van der Waals surface area (Å²) in [5.41, 5.74) is 7.03. The number of aromatic amines is 1. The van der Waals surface area contributed by atoms with Gasteiger partial charge in [0, 0.05) is 31.2 Å². The maximum Gasteiger partial charge on any atom is 0.326 e. The van der Waals surface area contributed by atoms with Gasteiger partial charge in [0.2, 0.25) is 17.7 Å². The van der Waals surface area contributed by atoms with E-state index in [1.165, 1.54) is 12.5 Å². The Morgan fingerprint density at radius 2 is 1.50 bits per heavy atom. The van der Waals surface area contributed by atoms with Crippen LogP contribution in [-0.4, -0.2) is 74.0 Å². The summed E-state index contributed by atoms with van der Waals surface area (Å²) in [6.45, 7) is 3.44. The summed E-state index contributed by atoms with van der Waals surface area (Å²) in [6, 6.07) is 3.95. The largest absolute Gasteiger partial charge is 0.481 e. The first-order chi connectivity index (χ1) is 18.0. The normalized spacial score (nSPS) is 14.1. The molecule has 2 rings (SSSR count). The summed E-state index contributed by atoms with van der Waals surface area (Å²) in [7, 11) is 0. The number of carboxylic acid groups (broad SMARTS) is 2. The van der Waals surface area contributed by atoms with Gasteiger partial charge in [-0.3, -0.25) is 19.2 Å². The molecule has 0 radical (unpaired) electrons. The van der Waals surface area contributed by atoms with Crippen molar-refractivity contribution in [3.05, 3.63) is 54.1 Å². The molecule has 0 aliphatic rings. The number of carbonyl (C=O) groups excluding carboxylic acids is 3. The second kappa shape index (κ2) is 14.5. The molecule has 4 unspecified atom stereocenters. The number of amides is 3. The summed E-state index contributed by atoms with van der Waals surface area (Å²) < 4.78 is 0. The van der Waals surface area contributed by atoms with Gasteiger partial charge in [-0.15, -0.1) is 0 Å². The number of nitrogens with two attached hydrogens (primary N) is 1. The van der Waals surface area contributed by atoms with Gasteiger partial charge < -0.3 is 36.9 Å². The van der Waals surface area contributed by atoms with E-state index in [4.69, 9.17) is 10.8 Å². The molecule has 0 saturated carbocycles. The highest BCUT2D eigenvalue weighted by molar-refractivity contribution is 5.94. The molecule has 0 aliphatic carbocycles. The first-order valence-electron chi connectivity index (χ1n) is 12.1. The van der Waals surface area contributed by atoms with Gasteiger partial charge in [-0.05, 0) is 17.9 Å². The molecule has 0 fully saturated rings. The van der Waals surface area contributed by atoms with Crippen LogP contribution in [0.25, 0.3) is 0 Å². The Morgan fingerprint density at radius 3 is 2.05 bits per heavy atom. The maximum atomic E-state index is 13.2. The predicted octanol–water partition coefficient (Wildman–Crippen LogP) is -0.418. The monoisotopic (exact) mass is 530 g/mol. The lowest BCUT2D eigenvalue weighted by Gasteiger charge is -2.25. The van der Waals surface area contributed by atoms with E-state index < -0.39 is 60.2 Å². The summed E-state index contributed by atoms with van der Waals surface area (Å²) in [6.07, 6.45) is 2.09. The minimum absolute atomic E-state index is 0.0109. The third kappa shape index (κ3) is 9.65. The molecule has 206 valence electrons. The van der Waals surface area contributed by atoms with Crippen LogP contribution in [-0.2, 0) is 36.8 Å². The van der Waals surface area contributed by atoms with Crippen molar-refractivity contribution in [1.82, 2.24) is 25.9 Å². The van der Waals surface area contributed by atoms with Gasteiger partial charge >= 0.3 is 11.9 Å². The van der Waals surface area contributed by atoms with E-state index in [-0.39, 0.29) is 25.2 Å². The number of imidazole rings is 1. The molecular weight excluding hydrogens is 496 g/mol. The second-order valence-electron chi connectivity index (χ2n) is 9.19. The first kappa shape index (κ1) is 30.0. The van der Waals surface area contributed by atoms with Gasteiger partial charge in [0.15, 0.2) is 0 Å². The number of carbonyl (C=O) groups is 5. The smallest absolute Gasteiger partial charge is 0.326 e. The van der Waals surface area contributed by atoms with Crippen LogP contribution in [0.3, 0.4) is 0 Å². The molecule has 4 atom stereocenters. The van der Waals surface area contributed by atoms with E-state index in [0.717, 1.165) is 0 Å². The van der Waals surface area contributed by atoms with Crippen molar-refractivity contribution in [2.75, 3.05) is 0 Å². The fourth-order valence-electron chi connectivity index (χ4n) is 3.53. The minimum atomic E-state index is -1.29. The van der Waals surface area contributed by atoms with Gasteiger partial charge in [0.1, 0.15) is 18.1 Å². The number of aromatic nitrogens is 2. The van der Waals surface area contributed by atoms with E-state index in [9.17, 15) is 29.1 Å². The number of hydrogen-bond donors (Lipinski definition) is 7. The minimum Gasteiger partial charge on any atom is -0.481 e. The van der Waals surface area contributed by atoms with E-state index in [1.807, 2.05) is 0 Å². The number of carboxylic acids is 2. The third-order valence-corrected chi connectivity index (χ3v) is 5.81. The van der Waals surface area contributed by atoms with Crippen molar-refractivity contribution in [1.29, 1.82) is 0 Å². The van der Waals surface area contributed by atoms with E-state index in [1.54, 1.807) is 44.2 Å². The number of hydrogen-bond acceptors (Lipinski definition) is 7. The van der Waals surface area contributed by atoms with Gasteiger partial charge in [0.25, 0.3) is 0 Å². The Morgan fingerprint density at radius 1 is 0.895 bits per heavy atom. The lowest BCUT2D eigenvalue weighted by Crippen LogP contribution is -2.58. The van der Waals surface area contributed by atoms with Crippen LogP contribution in [0.4, 0.5) is 0 Å². The predicted molar refractivity (Wildman–Crippen MR) is 136 cm³/mol. The zero-order valence-electron chi connectivity index (χ0n) is 21.2. The molecule has 0 spiro atoms. The molecule has 1 heterocycles. The quantitative estimate of drug-likeness (QED) is 0.159. The van der Waals surface area contributed by atoms with Crippen molar-refractivity contribution < 1.29 is 34.2 Å². The molecule has 0 aliphatic heterocycles. The Hall–Kier alpha value is -4.26. The highest BCUT2D eigenvalue weighted by Gasteiger charge is 2.31. The Kier molecular flexibility index (Phi) is 11.4. The van der Waals surface area contributed by atoms with Crippen LogP contribution in [0.2, 0.25) is 0 Å². The van der Waals surface area contributed by atoms with Crippen LogP contribution >= 0.6 is 0 Å². The van der Waals surface area contributed by atoms with Crippen LogP contribution in [0.5, 0.6) is 0 Å². The second-order valence-corrected chi connectivity index (χ2v) is 9.19. The average Bonchev–Trinajstić information content (AvgIpc) is 3.38. The standard InChI is InChI=1S/C25H34N6O7/c1-14(2)21(26)24(36)29-17(8-9-20(32)33)22(34)30-18(11-16-12-27-13-28-16)23(35)31-19(25(37)38)10-15-6-4-3-5-7-15/h3-7,12-14,17-19,21H,8-11,26H2,1-2H3,(H,27,28)(H,29,36)(H,30,34)(H,31,35)(H,32,33)(H,37,38). The molecule has 3 amide bonds. The topological polar surface area (TPSA) is 217 Å². The van der Waals surface area contributed by atoms with E-state index >= 15 is 0 Å².